The first-order chi connectivity index (χ1) is 11.4. The summed E-state index contributed by atoms with van der Waals surface area (Å²) < 4.78 is 0. The standard InChI is InChI=1S/C22H27N.BrH/c1-2-3-7-17-11-13-18(14-12-17)21-16-23-15-6-10-22(23)20-9-5-4-8-19(20)21;/h4-5,8-9,11-14,21-22H,2-3,6-7,10,15-16H2,1H3;1H/t21-,22-;/m0./s1. The van der Waals surface area contributed by atoms with Crippen LogP contribution in [0.25, 0.3) is 0 Å². The van der Waals surface area contributed by atoms with E-state index < -0.39 is 0 Å². The molecule has 0 N–H and O–H groups in total. The number of hydrogen-bond donors (Lipinski definition) is 0. The van der Waals surface area contributed by atoms with Crippen LogP contribution in [0.4, 0.5) is 0 Å². The molecule has 2 aromatic carbocycles. The van der Waals surface area contributed by atoms with E-state index in [1.807, 2.05) is 0 Å². The van der Waals surface area contributed by atoms with E-state index in [9.17, 15) is 0 Å². The maximum Gasteiger partial charge on any atom is 0.0351 e. The minimum atomic E-state index is 0. The monoisotopic (exact) mass is 385 g/mol. The number of aryl methyl sites for hydroxylation is 1. The number of benzene rings is 2. The summed E-state index contributed by atoms with van der Waals surface area (Å²) in [6, 6.07) is 19.3. The van der Waals surface area contributed by atoms with Gasteiger partial charge in [0.1, 0.15) is 0 Å². The smallest absolute Gasteiger partial charge is 0.0351 e. The van der Waals surface area contributed by atoms with Crippen molar-refractivity contribution in [3.63, 3.8) is 0 Å². The van der Waals surface area contributed by atoms with Crippen LogP contribution in [0.5, 0.6) is 0 Å². The van der Waals surface area contributed by atoms with E-state index in [4.69, 9.17) is 0 Å². The molecule has 2 aliphatic rings. The van der Waals surface area contributed by atoms with E-state index in [0.29, 0.717) is 12.0 Å². The molecule has 2 aliphatic heterocycles. The molecule has 1 saturated heterocycles. The van der Waals surface area contributed by atoms with Gasteiger partial charge in [-0.2, -0.15) is 0 Å². The highest BCUT2D eigenvalue weighted by atomic mass is 79.9. The second-order valence-electron chi connectivity index (χ2n) is 7.18. The Morgan fingerprint density at radius 1 is 1.00 bits per heavy atom. The SMILES string of the molecule is Br.CCCCc1ccc([C@@H]2CN3CCC[C@H]3c3ccccc32)cc1. The Morgan fingerprint density at radius 3 is 2.50 bits per heavy atom. The summed E-state index contributed by atoms with van der Waals surface area (Å²) >= 11 is 0. The van der Waals surface area contributed by atoms with Crippen molar-refractivity contribution in [2.75, 3.05) is 13.1 Å². The van der Waals surface area contributed by atoms with Gasteiger partial charge in [0.05, 0.1) is 0 Å². The van der Waals surface area contributed by atoms with Gasteiger partial charge < -0.3 is 0 Å². The highest BCUT2D eigenvalue weighted by Crippen LogP contribution is 2.43. The predicted molar refractivity (Wildman–Crippen MR) is 107 cm³/mol. The molecule has 24 heavy (non-hydrogen) atoms. The minimum Gasteiger partial charge on any atom is -0.295 e. The number of halogens is 1. The van der Waals surface area contributed by atoms with Gasteiger partial charge in [-0.1, -0.05) is 61.9 Å². The van der Waals surface area contributed by atoms with Crippen LogP contribution in [0.15, 0.2) is 48.5 Å². The van der Waals surface area contributed by atoms with Gasteiger partial charge in [-0.3, -0.25) is 4.90 Å². The lowest BCUT2D eigenvalue weighted by Crippen LogP contribution is -2.34. The van der Waals surface area contributed by atoms with Gasteiger partial charge in [0, 0.05) is 18.5 Å². The van der Waals surface area contributed by atoms with Crippen LogP contribution in [-0.2, 0) is 6.42 Å². The van der Waals surface area contributed by atoms with Gasteiger partial charge in [0.15, 0.2) is 0 Å². The number of unbranched alkanes of at least 4 members (excludes halogenated alkanes) is 1. The van der Waals surface area contributed by atoms with Gasteiger partial charge in [-0.25, -0.2) is 0 Å². The number of hydrogen-bond acceptors (Lipinski definition) is 1. The minimum absolute atomic E-state index is 0. The van der Waals surface area contributed by atoms with Crippen molar-refractivity contribution in [1.82, 2.24) is 4.90 Å². The average Bonchev–Trinajstić information content (AvgIpc) is 3.08. The maximum atomic E-state index is 2.71. The molecule has 0 radical (unpaired) electrons. The fourth-order valence-corrected chi connectivity index (χ4v) is 4.44. The molecule has 2 heterocycles. The zero-order valence-corrected chi connectivity index (χ0v) is 16.3. The van der Waals surface area contributed by atoms with E-state index >= 15 is 0 Å². The highest BCUT2D eigenvalue weighted by molar-refractivity contribution is 8.93. The summed E-state index contributed by atoms with van der Waals surface area (Å²) in [5, 5.41) is 0. The van der Waals surface area contributed by atoms with E-state index in [1.54, 1.807) is 11.1 Å². The molecule has 128 valence electrons. The highest BCUT2D eigenvalue weighted by Gasteiger charge is 2.35. The molecule has 0 unspecified atom stereocenters. The molecule has 2 aromatic rings. The first-order valence-corrected chi connectivity index (χ1v) is 9.28. The third kappa shape index (κ3) is 3.32. The number of rotatable bonds is 4. The Labute approximate surface area is 156 Å². The molecule has 4 rings (SSSR count). The molecule has 0 amide bonds. The van der Waals surface area contributed by atoms with E-state index in [0.717, 1.165) is 0 Å². The molecule has 0 spiro atoms. The Balaban J connectivity index is 0.00000169. The lowest BCUT2D eigenvalue weighted by atomic mass is 9.81. The fourth-order valence-electron chi connectivity index (χ4n) is 4.44. The quantitative estimate of drug-likeness (QED) is 0.633. The van der Waals surface area contributed by atoms with Crippen LogP contribution < -0.4 is 0 Å². The van der Waals surface area contributed by atoms with Crippen molar-refractivity contribution in [2.45, 2.75) is 51.0 Å². The van der Waals surface area contributed by atoms with Crippen LogP contribution >= 0.6 is 17.0 Å². The van der Waals surface area contributed by atoms with Crippen LogP contribution in [0.2, 0.25) is 0 Å². The number of nitrogens with zero attached hydrogens (tertiary/aromatic N) is 1. The van der Waals surface area contributed by atoms with Gasteiger partial charge in [0.2, 0.25) is 0 Å². The topological polar surface area (TPSA) is 3.24 Å². The summed E-state index contributed by atoms with van der Waals surface area (Å²) in [4.78, 5) is 2.71. The van der Waals surface area contributed by atoms with Crippen LogP contribution in [0, 0.1) is 0 Å². The molecule has 0 bridgehead atoms. The Bertz CT molecular complexity index is 664. The summed E-state index contributed by atoms with van der Waals surface area (Å²) in [5.74, 6) is 0.542. The van der Waals surface area contributed by atoms with Crippen molar-refractivity contribution in [1.29, 1.82) is 0 Å². The Hall–Kier alpha value is -1.12. The summed E-state index contributed by atoms with van der Waals surface area (Å²) in [7, 11) is 0. The third-order valence-electron chi connectivity index (χ3n) is 5.71. The first-order valence-electron chi connectivity index (χ1n) is 9.28. The van der Waals surface area contributed by atoms with Crippen LogP contribution in [0.3, 0.4) is 0 Å². The van der Waals surface area contributed by atoms with Gasteiger partial charge >= 0.3 is 0 Å². The van der Waals surface area contributed by atoms with Crippen molar-refractivity contribution in [3.05, 3.63) is 70.8 Å². The lowest BCUT2D eigenvalue weighted by Gasteiger charge is -2.37. The van der Waals surface area contributed by atoms with Gasteiger partial charge in [-0.05, 0) is 54.5 Å². The van der Waals surface area contributed by atoms with Crippen molar-refractivity contribution in [2.24, 2.45) is 0 Å². The normalized spacial score (nSPS) is 22.5. The predicted octanol–water partition coefficient (Wildman–Crippen LogP) is 5.89. The summed E-state index contributed by atoms with van der Waals surface area (Å²) in [5.41, 5.74) is 6.12. The third-order valence-corrected chi connectivity index (χ3v) is 5.71. The zero-order valence-electron chi connectivity index (χ0n) is 14.6. The van der Waals surface area contributed by atoms with E-state index in [-0.39, 0.29) is 17.0 Å². The average molecular weight is 386 g/mol. The zero-order chi connectivity index (χ0) is 15.6. The Morgan fingerprint density at radius 2 is 1.75 bits per heavy atom. The molecule has 1 nitrogen and oxygen atoms in total. The van der Waals surface area contributed by atoms with Crippen LogP contribution in [0.1, 0.15) is 66.8 Å². The molecule has 0 aliphatic carbocycles. The van der Waals surface area contributed by atoms with Gasteiger partial charge in [-0.15, -0.1) is 17.0 Å². The molecule has 2 heteroatoms. The van der Waals surface area contributed by atoms with Crippen LogP contribution in [-0.4, -0.2) is 18.0 Å². The molecular formula is C22H28BrN. The summed E-state index contributed by atoms with van der Waals surface area (Å²) in [6.45, 7) is 4.72. The van der Waals surface area contributed by atoms with Crippen molar-refractivity contribution in [3.8, 4) is 0 Å². The largest absolute Gasteiger partial charge is 0.295 e. The number of fused-ring (bicyclic) bond motifs is 3. The lowest BCUT2D eigenvalue weighted by molar-refractivity contribution is 0.230. The molecule has 2 atom stereocenters. The second-order valence-corrected chi connectivity index (χ2v) is 7.18. The van der Waals surface area contributed by atoms with Crippen molar-refractivity contribution >= 4 is 17.0 Å². The molecular weight excluding hydrogens is 358 g/mol. The first kappa shape index (κ1) is 17.7. The fraction of sp³-hybridized carbons (Fsp3) is 0.455. The van der Waals surface area contributed by atoms with Gasteiger partial charge in [0.25, 0.3) is 0 Å². The Kier molecular flexibility index (Phi) is 5.78. The molecule has 1 fully saturated rings. The molecule has 0 aromatic heterocycles. The second kappa shape index (κ2) is 7.84. The molecule has 0 saturated carbocycles. The van der Waals surface area contributed by atoms with E-state index in [2.05, 4.69) is 60.4 Å². The summed E-state index contributed by atoms with van der Waals surface area (Å²) in [6.07, 6.45) is 6.46. The maximum absolute atomic E-state index is 2.71. The van der Waals surface area contributed by atoms with Crippen molar-refractivity contribution < 1.29 is 0 Å². The van der Waals surface area contributed by atoms with E-state index in [1.165, 1.54) is 56.3 Å².